The summed E-state index contributed by atoms with van der Waals surface area (Å²) >= 11 is 0. The van der Waals surface area contributed by atoms with Gasteiger partial charge < -0.3 is 9.32 Å². The maximum Gasteiger partial charge on any atom is 0.240 e. The fourth-order valence-corrected chi connectivity index (χ4v) is 2.79. The molecular weight excluding hydrogens is 292 g/mol. The van der Waals surface area contributed by atoms with Crippen LogP contribution in [0.5, 0.6) is 0 Å². The first-order chi connectivity index (χ1) is 9.58. The molecule has 21 heavy (non-hydrogen) atoms. The van der Waals surface area contributed by atoms with Gasteiger partial charge in [0.2, 0.25) is 15.9 Å². The van der Waals surface area contributed by atoms with Crippen LogP contribution < -0.4 is 4.72 Å². The molecule has 0 aliphatic heterocycles. The van der Waals surface area contributed by atoms with Crippen molar-refractivity contribution in [2.75, 3.05) is 13.3 Å². The Kier molecular flexibility index (Phi) is 5.98. The van der Waals surface area contributed by atoms with Crippen LogP contribution in [0.15, 0.2) is 16.5 Å². The normalized spacial score (nSPS) is 13.4. The van der Waals surface area contributed by atoms with Gasteiger partial charge in [-0.3, -0.25) is 4.79 Å². The summed E-state index contributed by atoms with van der Waals surface area (Å²) in [5, 5.41) is 0. The third-order valence-electron chi connectivity index (χ3n) is 2.93. The Morgan fingerprint density at radius 2 is 2.00 bits per heavy atom. The third-order valence-corrected chi connectivity index (χ3v) is 3.64. The number of amides is 1. The van der Waals surface area contributed by atoms with Crippen molar-refractivity contribution >= 4 is 15.9 Å². The fourth-order valence-electron chi connectivity index (χ4n) is 2.08. The maximum atomic E-state index is 12.4. The lowest BCUT2D eigenvalue weighted by Gasteiger charge is -2.24. The highest BCUT2D eigenvalue weighted by molar-refractivity contribution is 7.88. The molecule has 1 atom stereocenters. The second kappa shape index (κ2) is 7.09. The van der Waals surface area contributed by atoms with Crippen LogP contribution in [0.25, 0.3) is 0 Å². The third kappa shape index (κ3) is 6.31. The molecular formula is C14H24N2O4S. The lowest BCUT2D eigenvalue weighted by molar-refractivity contribution is -0.132. The highest BCUT2D eigenvalue weighted by Gasteiger charge is 2.26. The van der Waals surface area contributed by atoms with E-state index < -0.39 is 16.1 Å². The molecule has 1 rings (SSSR count). The van der Waals surface area contributed by atoms with E-state index >= 15 is 0 Å². The van der Waals surface area contributed by atoms with Crippen molar-refractivity contribution < 1.29 is 17.6 Å². The van der Waals surface area contributed by atoms with Crippen molar-refractivity contribution in [1.29, 1.82) is 0 Å². The summed E-state index contributed by atoms with van der Waals surface area (Å²) < 4.78 is 30.7. The van der Waals surface area contributed by atoms with E-state index in [0.29, 0.717) is 18.7 Å². The maximum absolute atomic E-state index is 12.4. The average molecular weight is 316 g/mol. The summed E-state index contributed by atoms with van der Waals surface area (Å²) in [6, 6.07) is 2.88. The molecule has 0 saturated carbocycles. The Bertz CT molecular complexity index is 578. The molecule has 0 radical (unpaired) electrons. The van der Waals surface area contributed by atoms with Crippen molar-refractivity contribution in [3.05, 3.63) is 23.7 Å². The molecule has 0 unspecified atom stereocenters. The topological polar surface area (TPSA) is 79.6 Å². The molecule has 0 aromatic carbocycles. The van der Waals surface area contributed by atoms with Gasteiger partial charge >= 0.3 is 0 Å². The molecule has 1 aromatic rings. The zero-order chi connectivity index (χ0) is 16.2. The number of aryl methyl sites for hydroxylation is 1. The number of nitrogens with one attached hydrogen (secondary N) is 1. The minimum absolute atomic E-state index is 0.201. The second-order valence-corrected chi connectivity index (χ2v) is 7.56. The van der Waals surface area contributed by atoms with Crippen LogP contribution in [-0.4, -0.2) is 38.6 Å². The summed E-state index contributed by atoms with van der Waals surface area (Å²) in [6.45, 7) is 6.03. The van der Waals surface area contributed by atoms with Gasteiger partial charge in [-0.05, 0) is 31.4 Å². The minimum atomic E-state index is -3.44. The van der Waals surface area contributed by atoms with Crippen LogP contribution >= 0.6 is 0 Å². The summed E-state index contributed by atoms with van der Waals surface area (Å²) in [6.07, 6.45) is 1.51. The van der Waals surface area contributed by atoms with Crippen LogP contribution in [0.2, 0.25) is 0 Å². The number of likely N-dealkylation sites (N-methyl/N-ethyl adjacent to an activating group) is 1. The van der Waals surface area contributed by atoms with Crippen LogP contribution in [-0.2, 0) is 21.4 Å². The van der Waals surface area contributed by atoms with Crippen molar-refractivity contribution in [1.82, 2.24) is 9.62 Å². The molecule has 1 amide bonds. The highest BCUT2D eigenvalue weighted by atomic mass is 32.2. The van der Waals surface area contributed by atoms with Crippen molar-refractivity contribution in [2.45, 2.75) is 39.8 Å². The van der Waals surface area contributed by atoms with E-state index in [0.717, 1.165) is 12.0 Å². The second-order valence-electron chi connectivity index (χ2n) is 5.78. The van der Waals surface area contributed by atoms with Gasteiger partial charge in [0.25, 0.3) is 0 Å². The van der Waals surface area contributed by atoms with Crippen LogP contribution in [0.3, 0.4) is 0 Å². The SMILES string of the molecule is Cc1ccc(CN(C)C(=O)[C@@H](CC(C)C)NS(C)(=O)=O)o1. The molecule has 0 bridgehead atoms. The lowest BCUT2D eigenvalue weighted by Crippen LogP contribution is -2.47. The summed E-state index contributed by atoms with van der Waals surface area (Å²) in [4.78, 5) is 13.9. The molecule has 0 spiro atoms. The molecule has 1 heterocycles. The first-order valence-corrected chi connectivity index (χ1v) is 8.75. The number of rotatable bonds is 7. The number of carbonyl (C=O) groups is 1. The number of nitrogens with zero attached hydrogens (tertiary/aromatic N) is 1. The van der Waals surface area contributed by atoms with Crippen LogP contribution in [0.1, 0.15) is 31.8 Å². The van der Waals surface area contributed by atoms with E-state index in [1.807, 2.05) is 26.8 Å². The van der Waals surface area contributed by atoms with E-state index in [1.54, 1.807) is 13.1 Å². The molecule has 7 heteroatoms. The molecule has 0 fully saturated rings. The summed E-state index contributed by atoms with van der Waals surface area (Å²) in [5.74, 6) is 1.39. The Morgan fingerprint density at radius 3 is 2.43 bits per heavy atom. The van der Waals surface area contributed by atoms with Gasteiger partial charge in [0.1, 0.15) is 17.6 Å². The fraction of sp³-hybridized carbons (Fsp3) is 0.643. The Labute approximate surface area is 126 Å². The van der Waals surface area contributed by atoms with Gasteiger partial charge in [-0.15, -0.1) is 0 Å². The zero-order valence-corrected chi connectivity index (χ0v) is 14.0. The lowest BCUT2D eigenvalue weighted by atomic mass is 10.0. The first kappa shape index (κ1) is 17.7. The largest absolute Gasteiger partial charge is 0.464 e. The molecule has 6 nitrogen and oxygen atoms in total. The van der Waals surface area contributed by atoms with Gasteiger partial charge in [0.05, 0.1) is 12.8 Å². The minimum Gasteiger partial charge on any atom is -0.464 e. The van der Waals surface area contributed by atoms with E-state index in [2.05, 4.69) is 4.72 Å². The number of carbonyl (C=O) groups excluding carboxylic acids is 1. The molecule has 0 aliphatic carbocycles. The predicted molar refractivity (Wildman–Crippen MR) is 81.1 cm³/mol. The van der Waals surface area contributed by atoms with Gasteiger partial charge in [-0.1, -0.05) is 13.8 Å². The Hall–Kier alpha value is -1.34. The molecule has 1 N–H and O–H groups in total. The van der Waals surface area contributed by atoms with Crippen molar-refractivity contribution in [3.8, 4) is 0 Å². The van der Waals surface area contributed by atoms with Gasteiger partial charge in [0.15, 0.2) is 0 Å². The monoisotopic (exact) mass is 316 g/mol. The quantitative estimate of drug-likeness (QED) is 0.827. The molecule has 1 aromatic heterocycles. The zero-order valence-electron chi connectivity index (χ0n) is 13.2. The summed E-state index contributed by atoms with van der Waals surface area (Å²) in [5.41, 5.74) is 0. The van der Waals surface area contributed by atoms with Gasteiger partial charge in [-0.2, -0.15) is 0 Å². The number of furan rings is 1. The predicted octanol–water partition coefficient (Wildman–Crippen LogP) is 1.51. The van der Waals surface area contributed by atoms with E-state index in [-0.39, 0.29) is 11.8 Å². The number of hydrogen-bond donors (Lipinski definition) is 1. The molecule has 0 aliphatic rings. The van der Waals surface area contributed by atoms with E-state index in [9.17, 15) is 13.2 Å². The average Bonchev–Trinajstić information content (AvgIpc) is 2.70. The molecule has 0 saturated heterocycles. The van der Waals surface area contributed by atoms with Crippen LogP contribution in [0.4, 0.5) is 0 Å². The van der Waals surface area contributed by atoms with Crippen LogP contribution in [0, 0.1) is 12.8 Å². The smallest absolute Gasteiger partial charge is 0.240 e. The number of hydrogen-bond acceptors (Lipinski definition) is 4. The Morgan fingerprint density at radius 1 is 1.38 bits per heavy atom. The van der Waals surface area contributed by atoms with Gasteiger partial charge in [0, 0.05) is 7.05 Å². The summed E-state index contributed by atoms with van der Waals surface area (Å²) in [7, 11) is -1.80. The van der Waals surface area contributed by atoms with E-state index in [1.165, 1.54) is 4.90 Å². The van der Waals surface area contributed by atoms with E-state index in [4.69, 9.17) is 4.42 Å². The van der Waals surface area contributed by atoms with Gasteiger partial charge in [-0.25, -0.2) is 13.1 Å². The van der Waals surface area contributed by atoms with Crippen molar-refractivity contribution in [2.24, 2.45) is 5.92 Å². The number of sulfonamides is 1. The highest BCUT2D eigenvalue weighted by Crippen LogP contribution is 2.12. The molecule has 120 valence electrons. The first-order valence-electron chi connectivity index (χ1n) is 6.86. The van der Waals surface area contributed by atoms with Crippen molar-refractivity contribution in [3.63, 3.8) is 0 Å². The standard InChI is InChI=1S/C14H24N2O4S/c1-10(2)8-13(15-21(5,18)19)14(17)16(4)9-12-7-6-11(3)20-12/h6-7,10,13,15H,8-9H2,1-5H3/t13-/m1/s1. The Balaban J connectivity index is 2.78.